The monoisotopic (exact) mass is 248 g/mol. The van der Waals surface area contributed by atoms with E-state index < -0.39 is 12.6 Å². The number of alkyl halides is 3. The summed E-state index contributed by atoms with van der Waals surface area (Å²) in [6.45, 7) is 0.903. The second-order valence-electron chi connectivity index (χ2n) is 4.35. The van der Waals surface area contributed by atoms with E-state index >= 15 is 0 Å². The van der Waals surface area contributed by atoms with Crippen LogP contribution in [0.5, 0.6) is 0 Å². The van der Waals surface area contributed by atoms with E-state index in [0.29, 0.717) is 12.6 Å². The summed E-state index contributed by atoms with van der Waals surface area (Å²) in [5.74, 6) is 0. The lowest BCUT2D eigenvalue weighted by molar-refractivity contribution is -0.136. The molecular weight excluding hydrogens is 233 g/mol. The Morgan fingerprint density at radius 2 is 2.18 bits per heavy atom. The third-order valence-electron chi connectivity index (χ3n) is 2.58. The average molecular weight is 248 g/mol. The number of rotatable bonds is 6. The molecule has 1 aromatic heterocycles. The van der Waals surface area contributed by atoms with Gasteiger partial charge in [-0.05, 0) is 19.3 Å². The molecule has 1 saturated carbocycles. The van der Waals surface area contributed by atoms with Gasteiger partial charge in [-0.1, -0.05) is 5.21 Å². The summed E-state index contributed by atoms with van der Waals surface area (Å²) in [5, 5.41) is 11.0. The highest BCUT2D eigenvalue weighted by molar-refractivity contribution is 4.94. The molecular formula is C10H15F3N4. The second kappa shape index (κ2) is 5.03. The molecule has 1 aromatic rings. The Morgan fingerprint density at radius 1 is 1.41 bits per heavy atom. The fourth-order valence-corrected chi connectivity index (χ4v) is 1.51. The molecule has 1 fully saturated rings. The van der Waals surface area contributed by atoms with Crippen LogP contribution in [0.1, 0.15) is 31.4 Å². The van der Waals surface area contributed by atoms with Crippen molar-refractivity contribution in [3.05, 3.63) is 11.9 Å². The van der Waals surface area contributed by atoms with E-state index in [4.69, 9.17) is 0 Å². The molecule has 2 rings (SSSR count). The van der Waals surface area contributed by atoms with Gasteiger partial charge in [0.05, 0.1) is 5.69 Å². The van der Waals surface area contributed by atoms with E-state index in [1.165, 1.54) is 17.5 Å². The van der Waals surface area contributed by atoms with Gasteiger partial charge in [0.1, 0.15) is 0 Å². The Kier molecular flexibility index (Phi) is 3.66. The lowest BCUT2D eigenvalue weighted by Crippen LogP contribution is -2.15. The highest BCUT2D eigenvalue weighted by Crippen LogP contribution is 2.21. The lowest BCUT2D eigenvalue weighted by Gasteiger charge is -2.04. The van der Waals surface area contributed by atoms with Gasteiger partial charge in [-0.25, -0.2) is 0 Å². The Bertz CT molecular complexity index is 357. The summed E-state index contributed by atoms with van der Waals surface area (Å²) in [4.78, 5) is 0. The van der Waals surface area contributed by atoms with Crippen LogP contribution in [0.25, 0.3) is 0 Å². The summed E-state index contributed by atoms with van der Waals surface area (Å²) < 4.78 is 37.2. The van der Waals surface area contributed by atoms with E-state index in [1.54, 1.807) is 6.20 Å². The largest absolute Gasteiger partial charge is 0.389 e. The molecule has 17 heavy (non-hydrogen) atoms. The molecule has 0 bridgehead atoms. The molecule has 0 unspecified atom stereocenters. The van der Waals surface area contributed by atoms with Gasteiger partial charge in [-0.3, -0.25) is 4.68 Å². The van der Waals surface area contributed by atoms with Crippen LogP contribution in [-0.2, 0) is 13.1 Å². The van der Waals surface area contributed by atoms with Gasteiger partial charge in [0, 0.05) is 31.7 Å². The molecule has 0 spiro atoms. The highest BCUT2D eigenvalue weighted by atomic mass is 19.4. The van der Waals surface area contributed by atoms with Crippen molar-refractivity contribution in [1.29, 1.82) is 0 Å². The quantitative estimate of drug-likeness (QED) is 0.835. The highest BCUT2D eigenvalue weighted by Gasteiger charge is 2.26. The summed E-state index contributed by atoms with van der Waals surface area (Å²) in [7, 11) is 0. The Hall–Kier alpha value is -1.11. The molecule has 96 valence electrons. The van der Waals surface area contributed by atoms with Gasteiger partial charge in [0.15, 0.2) is 0 Å². The molecule has 4 nitrogen and oxygen atoms in total. The van der Waals surface area contributed by atoms with Crippen LogP contribution in [0.4, 0.5) is 13.2 Å². The number of hydrogen-bond donors (Lipinski definition) is 1. The van der Waals surface area contributed by atoms with Gasteiger partial charge in [0.2, 0.25) is 0 Å². The maximum absolute atomic E-state index is 11.9. The first-order chi connectivity index (χ1) is 8.03. The molecule has 1 aliphatic carbocycles. The van der Waals surface area contributed by atoms with Gasteiger partial charge < -0.3 is 5.32 Å². The number of hydrogen-bond acceptors (Lipinski definition) is 3. The van der Waals surface area contributed by atoms with Crippen molar-refractivity contribution in [2.45, 2.75) is 51.0 Å². The lowest BCUT2D eigenvalue weighted by atomic mass is 10.3. The van der Waals surface area contributed by atoms with Crippen molar-refractivity contribution in [1.82, 2.24) is 20.3 Å². The van der Waals surface area contributed by atoms with Crippen LogP contribution in [-0.4, -0.2) is 27.2 Å². The molecule has 7 heteroatoms. The van der Waals surface area contributed by atoms with Crippen LogP contribution in [0, 0.1) is 0 Å². The van der Waals surface area contributed by atoms with E-state index in [0.717, 1.165) is 5.69 Å². The van der Waals surface area contributed by atoms with Crippen LogP contribution >= 0.6 is 0 Å². The van der Waals surface area contributed by atoms with E-state index in [-0.39, 0.29) is 13.0 Å². The molecule has 0 atom stereocenters. The summed E-state index contributed by atoms with van der Waals surface area (Å²) in [6, 6.07) is 0.588. The van der Waals surface area contributed by atoms with E-state index in [2.05, 4.69) is 15.6 Å². The molecule has 0 saturated heterocycles. The van der Waals surface area contributed by atoms with Crippen LogP contribution < -0.4 is 5.32 Å². The third kappa shape index (κ3) is 4.72. The molecule has 1 heterocycles. The zero-order chi connectivity index (χ0) is 12.3. The fraction of sp³-hybridized carbons (Fsp3) is 0.800. The minimum Gasteiger partial charge on any atom is -0.308 e. The molecule has 0 aliphatic heterocycles. The second-order valence-corrected chi connectivity index (χ2v) is 4.35. The maximum atomic E-state index is 11.9. The van der Waals surface area contributed by atoms with Crippen molar-refractivity contribution in [2.75, 3.05) is 0 Å². The molecule has 1 aliphatic rings. The minimum atomic E-state index is -4.09. The number of halogens is 3. The average Bonchev–Trinajstić information content (AvgIpc) is 2.95. The predicted molar refractivity (Wildman–Crippen MR) is 55.2 cm³/mol. The zero-order valence-corrected chi connectivity index (χ0v) is 9.37. The van der Waals surface area contributed by atoms with Crippen molar-refractivity contribution in [2.24, 2.45) is 0 Å². The van der Waals surface area contributed by atoms with Crippen LogP contribution in [0.15, 0.2) is 6.20 Å². The first-order valence-electron chi connectivity index (χ1n) is 5.72. The summed E-state index contributed by atoms with van der Waals surface area (Å²) >= 11 is 0. The topological polar surface area (TPSA) is 42.7 Å². The standard InChI is InChI=1S/C10H15F3N4/c11-10(12,13)4-1-5-17-7-9(15-16-17)6-14-8-2-3-8/h7-8,14H,1-6H2. The first-order valence-corrected chi connectivity index (χ1v) is 5.72. The van der Waals surface area contributed by atoms with Crippen molar-refractivity contribution < 1.29 is 13.2 Å². The third-order valence-corrected chi connectivity index (χ3v) is 2.58. The molecule has 0 amide bonds. The van der Waals surface area contributed by atoms with Gasteiger partial charge >= 0.3 is 6.18 Å². The van der Waals surface area contributed by atoms with E-state index in [1.807, 2.05) is 0 Å². The van der Waals surface area contributed by atoms with Gasteiger partial charge in [-0.2, -0.15) is 13.2 Å². The van der Waals surface area contributed by atoms with Crippen LogP contribution in [0.3, 0.4) is 0 Å². The smallest absolute Gasteiger partial charge is 0.308 e. The summed E-state index contributed by atoms with van der Waals surface area (Å²) in [6.07, 6.45) is -0.729. The maximum Gasteiger partial charge on any atom is 0.389 e. The minimum absolute atomic E-state index is 0.0440. The van der Waals surface area contributed by atoms with E-state index in [9.17, 15) is 13.2 Å². The Morgan fingerprint density at radius 3 is 2.82 bits per heavy atom. The number of nitrogens with zero attached hydrogens (tertiary/aromatic N) is 3. The SMILES string of the molecule is FC(F)(F)CCCn1cc(CNC2CC2)nn1. The zero-order valence-electron chi connectivity index (χ0n) is 9.37. The van der Waals surface area contributed by atoms with Gasteiger partial charge in [0.25, 0.3) is 0 Å². The van der Waals surface area contributed by atoms with Crippen molar-refractivity contribution >= 4 is 0 Å². The Balaban J connectivity index is 1.69. The fourth-order valence-electron chi connectivity index (χ4n) is 1.51. The summed E-state index contributed by atoms with van der Waals surface area (Å²) in [5.41, 5.74) is 0.781. The molecule has 1 N–H and O–H groups in total. The van der Waals surface area contributed by atoms with Gasteiger partial charge in [-0.15, -0.1) is 5.10 Å². The molecule has 0 radical (unpaired) electrons. The number of aryl methyl sites for hydroxylation is 1. The van der Waals surface area contributed by atoms with Crippen molar-refractivity contribution in [3.63, 3.8) is 0 Å². The predicted octanol–water partition coefficient (Wildman–Crippen LogP) is 1.87. The van der Waals surface area contributed by atoms with Crippen molar-refractivity contribution in [3.8, 4) is 0 Å². The normalized spacial score (nSPS) is 16.4. The number of aromatic nitrogens is 3. The number of nitrogens with one attached hydrogen (secondary N) is 1. The molecule has 0 aromatic carbocycles. The first kappa shape index (κ1) is 12.3. The van der Waals surface area contributed by atoms with Crippen LogP contribution in [0.2, 0.25) is 0 Å². The Labute approximate surface area is 97.2 Å².